The predicted octanol–water partition coefficient (Wildman–Crippen LogP) is 0.306. The van der Waals surface area contributed by atoms with Crippen LogP contribution in [0, 0.1) is 5.92 Å². The molecule has 1 amide bonds. The molecule has 0 aromatic rings. The van der Waals surface area contributed by atoms with Gasteiger partial charge in [-0.15, -0.1) is 0 Å². The van der Waals surface area contributed by atoms with E-state index < -0.39 is 12.0 Å². The van der Waals surface area contributed by atoms with Crippen molar-refractivity contribution in [3.05, 3.63) is 0 Å². The van der Waals surface area contributed by atoms with Gasteiger partial charge in [0, 0.05) is 7.05 Å². The van der Waals surface area contributed by atoms with Crippen LogP contribution in [-0.2, 0) is 9.59 Å². The topological polar surface area (TPSA) is 69.6 Å². The van der Waals surface area contributed by atoms with Gasteiger partial charge in [0.15, 0.2) is 0 Å². The monoisotopic (exact) mass is 228 g/mol. The summed E-state index contributed by atoms with van der Waals surface area (Å²) in [6.45, 7) is 4.37. The summed E-state index contributed by atoms with van der Waals surface area (Å²) >= 11 is 0. The second-order valence-electron chi connectivity index (χ2n) is 4.51. The number of nitrogens with zero attached hydrogens (tertiary/aromatic N) is 1. The number of nitrogens with one attached hydrogen (secondary N) is 1. The van der Waals surface area contributed by atoms with Crippen molar-refractivity contribution in [1.29, 1.82) is 0 Å². The second kappa shape index (κ2) is 5.30. The summed E-state index contributed by atoms with van der Waals surface area (Å²) in [5, 5.41) is 12.0. The lowest BCUT2D eigenvalue weighted by atomic mass is 9.91. The van der Waals surface area contributed by atoms with Crippen molar-refractivity contribution >= 4 is 11.9 Å². The fourth-order valence-electron chi connectivity index (χ4n) is 1.96. The normalized spacial score (nSPS) is 27.2. The van der Waals surface area contributed by atoms with Crippen molar-refractivity contribution in [2.45, 2.75) is 38.8 Å². The molecule has 3 unspecified atom stereocenters. The Morgan fingerprint density at radius 2 is 2.12 bits per heavy atom. The Bertz CT molecular complexity index is 280. The van der Waals surface area contributed by atoms with Crippen LogP contribution in [0.5, 0.6) is 0 Å². The van der Waals surface area contributed by atoms with Crippen LogP contribution in [-0.4, -0.2) is 47.6 Å². The average Bonchev–Trinajstić information content (AvgIpc) is 2.26. The van der Waals surface area contributed by atoms with E-state index in [1.54, 1.807) is 7.05 Å². The van der Waals surface area contributed by atoms with Crippen LogP contribution in [0.3, 0.4) is 0 Å². The lowest BCUT2D eigenvalue weighted by molar-refractivity contribution is -0.149. The molecule has 0 bridgehead atoms. The van der Waals surface area contributed by atoms with Gasteiger partial charge in [0.05, 0.1) is 6.04 Å². The molecule has 0 aromatic heterocycles. The highest BCUT2D eigenvalue weighted by Crippen LogP contribution is 2.17. The maximum Gasteiger partial charge on any atom is 0.326 e. The van der Waals surface area contributed by atoms with Crippen molar-refractivity contribution < 1.29 is 14.7 Å². The van der Waals surface area contributed by atoms with E-state index in [1.807, 2.05) is 6.92 Å². The van der Waals surface area contributed by atoms with Gasteiger partial charge in [0.2, 0.25) is 5.91 Å². The summed E-state index contributed by atoms with van der Waals surface area (Å²) in [5.74, 6) is -0.828. The van der Waals surface area contributed by atoms with Gasteiger partial charge in [-0.05, 0) is 32.2 Å². The van der Waals surface area contributed by atoms with E-state index in [0.29, 0.717) is 0 Å². The zero-order chi connectivity index (χ0) is 12.3. The third-order valence-corrected chi connectivity index (χ3v) is 3.32. The molecule has 2 N–H and O–H groups in total. The van der Waals surface area contributed by atoms with E-state index in [1.165, 1.54) is 11.8 Å². The van der Waals surface area contributed by atoms with Crippen molar-refractivity contribution in [2.24, 2.45) is 5.92 Å². The van der Waals surface area contributed by atoms with Crippen molar-refractivity contribution in [3.63, 3.8) is 0 Å². The van der Waals surface area contributed by atoms with Gasteiger partial charge in [-0.25, -0.2) is 4.79 Å². The van der Waals surface area contributed by atoms with E-state index >= 15 is 0 Å². The average molecular weight is 228 g/mol. The maximum absolute atomic E-state index is 12.1. The lowest BCUT2D eigenvalue weighted by Crippen LogP contribution is -2.54. The molecule has 0 aliphatic carbocycles. The standard InChI is InChI=1S/C11H20N2O3/c1-7-5-4-6-12-9(7)10(14)13(3)8(2)11(15)16/h7-9,12H,4-6H2,1-3H3,(H,15,16). The first-order chi connectivity index (χ1) is 7.45. The molecule has 16 heavy (non-hydrogen) atoms. The number of piperidine rings is 1. The Labute approximate surface area is 95.8 Å². The molecule has 5 heteroatoms. The summed E-state index contributed by atoms with van der Waals surface area (Å²) in [6, 6.07) is -1.01. The van der Waals surface area contributed by atoms with Crippen molar-refractivity contribution in [2.75, 3.05) is 13.6 Å². The zero-order valence-corrected chi connectivity index (χ0v) is 10.1. The predicted molar refractivity (Wildman–Crippen MR) is 60.1 cm³/mol. The molecule has 1 fully saturated rings. The molecule has 0 aromatic carbocycles. The molecule has 1 heterocycles. The van der Waals surface area contributed by atoms with Gasteiger partial charge >= 0.3 is 5.97 Å². The van der Waals surface area contributed by atoms with Crippen LogP contribution >= 0.6 is 0 Å². The van der Waals surface area contributed by atoms with Crippen LogP contribution in [0.25, 0.3) is 0 Å². The third kappa shape index (κ3) is 2.72. The Morgan fingerprint density at radius 3 is 2.62 bits per heavy atom. The minimum absolute atomic E-state index is 0.123. The van der Waals surface area contributed by atoms with Gasteiger partial charge in [-0.1, -0.05) is 6.92 Å². The van der Waals surface area contributed by atoms with Crippen molar-refractivity contribution in [3.8, 4) is 0 Å². The minimum Gasteiger partial charge on any atom is -0.480 e. The minimum atomic E-state index is -0.973. The first kappa shape index (κ1) is 13.0. The van der Waals surface area contributed by atoms with E-state index in [4.69, 9.17) is 5.11 Å². The molecule has 0 saturated carbocycles. The molecule has 5 nitrogen and oxygen atoms in total. The van der Waals surface area contributed by atoms with Crippen LogP contribution in [0.1, 0.15) is 26.7 Å². The van der Waals surface area contributed by atoms with Gasteiger partial charge in [0.1, 0.15) is 6.04 Å². The molecule has 0 spiro atoms. The van der Waals surface area contributed by atoms with Gasteiger partial charge < -0.3 is 15.3 Å². The first-order valence-corrected chi connectivity index (χ1v) is 5.68. The largest absolute Gasteiger partial charge is 0.480 e. The van der Waals surface area contributed by atoms with Gasteiger partial charge in [0.25, 0.3) is 0 Å². The molecule has 92 valence electrons. The van der Waals surface area contributed by atoms with Crippen molar-refractivity contribution in [1.82, 2.24) is 10.2 Å². The fourth-order valence-corrected chi connectivity index (χ4v) is 1.96. The van der Waals surface area contributed by atoms with Crippen LogP contribution in [0.15, 0.2) is 0 Å². The van der Waals surface area contributed by atoms with Crippen LogP contribution in [0.4, 0.5) is 0 Å². The Kier molecular flexibility index (Phi) is 4.29. The number of hydrogen-bond donors (Lipinski definition) is 2. The summed E-state index contributed by atoms with van der Waals surface area (Å²) in [6.07, 6.45) is 2.09. The fraction of sp³-hybridized carbons (Fsp3) is 0.818. The molecule has 3 atom stereocenters. The number of hydrogen-bond acceptors (Lipinski definition) is 3. The Balaban J connectivity index is 2.65. The number of likely N-dealkylation sites (N-methyl/N-ethyl adjacent to an activating group) is 1. The quantitative estimate of drug-likeness (QED) is 0.729. The number of aliphatic carboxylic acids is 1. The number of carboxylic acid groups (broad SMARTS) is 1. The van der Waals surface area contributed by atoms with Crippen LogP contribution < -0.4 is 5.32 Å². The van der Waals surface area contributed by atoms with E-state index in [2.05, 4.69) is 5.32 Å². The molecule has 1 aliphatic heterocycles. The molecule has 1 aliphatic rings. The zero-order valence-electron chi connectivity index (χ0n) is 10.1. The SMILES string of the molecule is CC1CCCNC1C(=O)N(C)C(C)C(=O)O. The Hall–Kier alpha value is -1.10. The summed E-state index contributed by atoms with van der Waals surface area (Å²) in [5.41, 5.74) is 0. The smallest absolute Gasteiger partial charge is 0.326 e. The highest BCUT2D eigenvalue weighted by Gasteiger charge is 2.32. The highest BCUT2D eigenvalue weighted by molar-refractivity contribution is 5.86. The maximum atomic E-state index is 12.1. The third-order valence-electron chi connectivity index (χ3n) is 3.32. The molecule has 1 saturated heterocycles. The Morgan fingerprint density at radius 1 is 1.50 bits per heavy atom. The summed E-state index contributed by atoms with van der Waals surface area (Å²) in [4.78, 5) is 24.2. The molecular weight excluding hydrogens is 208 g/mol. The second-order valence-corrected chi connectivity index (χ2v) is 4.51. The number of carbonyl (C=O) groups is 2. The summed E-state index contributed by atoms with van der Waals surface area (Å²) < 4.78 is 0. The summed E-state index contributed by atoms with van der Waals surface area (Å²) in [7, 11) is 1.55. The van der Waals surface area contributed by atoms with E-state index in [-0.39, 0.29) is 17.9 Å². The molecule has 1 rings (SSSR count). The first-order valence-electron chi connectivity index (χ1n) is 5.68. The van der Waals surface area contributed by atoms with E-state index in [0.717, 1.165) is 19.4 Å². The van der Waals surface area contributed by atoms with Gasteiger partial charge in [-0.2, -0.15) is 0 Å². The van der Waals surface area contributed by atoms with E-state index in [9.17, 15) is 9.59 Å². The number of carbonyl (C=O) groups excluding carboxylic acids is 1. The highest BCUT2D eigenvalue weighted by atomic mass is 16.4. The number of carboxylic acids is 1. The lowest BCUT2D eigenvalue weighted by Gasteiger charge is -2.33. The molecule has 0 radical (unpaired) electrons. The van der Waals surface area contributed by atoms with Gasteiger partial charge in [-0.3, -0.25) is 4.79 Å². The number of amides is 1. The number of rotatable bonds is 3. The van der Waals surface area contributed by atoms with Crippen LogP contribution in [0.2, 0.25) is 0 Å². The molecular formula is C11H20N2O3.